The van der Waals surface area contributed by atoms with Crippen molar-refractivity contribution in [3.8, 4) is 5.69 Å². The van der Waals surface area contributed by atoms with Crippen molar-refractivity contribution in [2.24, 2.45) is 0 Å². The highest BCUT2D eigenvalue weighted by molar-refractivity contribution is 7.12. The normalized spacial score (nSPS) is 14.1. The zero-order valence-electron chi connectivity index (χ0n) is 16.5. The van der Waals surface area contributed by atoms with Gasteiger partial charge in [-0.1, -0.05) is 31.2 Å². The Labute approximate surface area is 170 Å². The molecule has 4 rings (SSSR count). The fourth-order valence-electron chi connectivity index (χ4n) is 3.84. The average molecular weight is 395 g/mol. The van der Waals surface area contributed by atoms with E-state index in [1.807, 2.05) is 42.8 Å². The molecule has 0 saturated carbocycles. The fourth-order valence-corrected chi connectivity index (χ4v) is 4.56. The summed E-state index contributed by atoms with van der Waals surface area (Å²) < 4.78 is 2.08. The Bertz CT molecular complexity index is 933. The Morgan fingerprint density at radius 3 is 2.75 bits per heavy atom. The number of hydrogen-bond acceptors (Lipinski definition) is 4. The molecule has 0 unspecified atom stereocenters. The van der Waals surface area contributed by atoms with E-state index >= 15 is 0 Å². The highest BCUT2D eigenvalue weighted by atomic mass is 32.1. The van der Waals surface area contributed by atoms with Gasteiger partial charge in [-0.15, -0.1) is 11.3 Å². The quantitative estimate of drug-likeness (QED) is 0.635. The number of hydrogen-bond donors (Lipinski definition) is 0. The lowest BCUT2D eigenvalue weighted by Gasteiger charge is -2.27. The molecule has 0 aliphatic carbocycles. The Kier molecular flexibility index (Phi) is 5.59. The van der Waals surface area contributed by atoms with Crippen LogP contribution in [0.4, 0.5) is 0 Å². The number of fused-ring (bicyclic) bond motifs is 1. The van der Waals surface area contributed by atoms with Crippen LogP contribution in [0.15, 0.2) is 47.8 Å². The second kappa shape index (κ2) is 8.29. The smallest absolute Gasteiger partial charge is 0.264 e. The van der Waals surface area contributed by atoms with Gasteiger partial charge in [0.05, 0.1) is 28.5 Å². The predicted octanol–water partition coefficient (Wildman–Crippen LogP) is 3.97. The second-order valence-corrected chi connectivity index (χ2v) is 8.23. The van der Waals surface area contributed by atoms with Crippen molar-refractivity contribution < 1.29 is 4.79 Å². The van der Waals surface area contributed by atoms with Crippen molar-refractivity contribution >= 4 is 17.2 Å². The summed E-state index contributed by atoms with van der Waals surface area (Å²) in [6.07, 6.45) is 2.13. The van der Waals surface area contributed by atoms with Gasteiger partial charge in [-0.25, -0.2) is 4.68 Å². The number of rotatable bonds is 6. The third kappa shape index (κ3) is 3.75. The van der Waals surface area contributed by atoms with Crippen molar-refractivity contribution in [1.29, 1.82) is 0 Å². The summed E-state index contributed by atoms with van der Waals surface area (Å²) in [6.45, 7) is 5.81. The first-order valence-corrected chi connectivity index (χ1v) is 10.7. The third-order valence-electron chi connectivity index (χ3n) is 5.23. The van der Waals surface area contributed by atoms with E-state index in [4.69, 9.17) is 5.10 Å². The fraction of sp³-hybridized carbons (Fsp3) is 0.364. The summed E-state index contributed by atoms with van der Waals surface area (Å²) in [7, 11) is 1.86. The molecule has 5 nitrogen and oxygen atoms in total. The molecule has 0 spiro atoms. The number of nitrogens with zero attached hydrogens (tertiary/aromatic N) is 4. The van der Waals surface area contributed by atoms with Crippen LogP contribution >= 0.6 is 11.3 Å². The van der Waals surface area contributed by atoms with Gasteiger partial charge < -0.3 is 4.90 Å². The van der Waals surface area contributed by atoms with E-state index in [1.165, 1.54) is 22.6 Å². The Morgan fingerprint density at radius 1 is 1.21 bits per heavy atom. The molecule has 1 aromatic carbocycles. The van der Waals surface area contributed by atoms with Gasteiger partial charge in [-0.3, -0.25) is 9.69 Å². The molecule has 0 atom stereocenters. The van der Waals surface area contributed by atoms with Gasteiger partial charge in [0.1, 0.15) is 0 Å². The largest absolute Gasteiger partial charge is 0.335 e. The SMILES string of the molecule is CCCN1CCc2c(c(CN(C)C(=O)c3cccs3)nn2-c2ccccc2)C1. The number of para-hydroxylation sites is 1. The monoisotopic (exact) mass is 394 g/mol. The van der Waals surface area contributed by atoms with Gasteiger partial charge >= 0.3 is 0 Å². The molecule has 3 aromatic rings. The van der Waals surface area contributed by atoms with Crippen LogP contribution in [0.3, 0.4) is 0 Å². The average Bonchev–Trinajstić information content (AvgIpc) is 3.37. The van der Waals surface area contributed by atoms with E-state index < -0.39 is 0 Å². The number of carbonyl (C=O) groups is 1. The van der Waals surface area contributed by atoms with Crippen molar-refractivity contribution in [2.75, 3.05) is 20.1 Å². The lowest BCUT2D eigenvalue weighted by Crippen LogP contribution is -2.32. The van der Waals surface area contributed by atoms with Gasteiger partial charge in [-0.05, 0) is 36.5 Å². The maximum Gasteiger partial charge on any atom is 0.264 e. The van der Waals surface area contributed by atoms with E-state index in [1.54, 1.807) is 4.90 Å². The Balaban J connectivity index is 1.66. The van der Waals surface area contributed by atoms with E-state index in [2.05, 4.69) is 28.6 Å². The molecule has 0 radical (unpaired) electrons. The Morgan fingerprint density at radius 2 is 2.04 bits per heavy atom. The molecule has 6 heteroatoms. The molecule has 28 heavy (non-hydrogen) atoms. The molecule has 0 fully saturated rings. The van der Waals surface area contributed by atoms with E-state index in [0.717, 1.165) is 48.7 Å². The molecule has 1 aliphatic heterocycles. The van der Waals surface area contributed by atoms with Crippen LogP contribution in [-0.2, 0) is 19.5 Å². The van der Waals surface area contributed by atoms with Crippen LogP contribution in [0, 0.1) is 0 Å². The van der Waals surface area contributed by atoms with Crippen LogP contribution < -0.4 is 0 Å². The minimum atomic E-state index is 0.0548. The standard InChI is InChI=1S/C22H26N4OS/c1-3-12-25-13-11-20-18(15-25)19(23-26(20)17-8-5-4-6-9-17)16-24(2)22(27)21-10-7-14-28-21/h4-10,14H,3,11-13,15-16H2,1-2H3. The molecule has 0 N–H and O–H groups in total. The van der Waals surface area contributed by atoms with Gasteiger partial charge in [0, 0.05) is 32.1 Å². The number of amides is 1. The van der Waals surface area contributed by atoms with Gasteiger partial charge in [-0.2, -0.15) is 5.10 Å². The van der Waals surface area contributed by atoms with E-state index in [9.17, 15) is 4.79 Å². The van der Waals surface area contributed by atoms with Gasteiger partial charge in [0.2, 0.25) is 0 Å². The number of carbonyl (C=O) groups excluding carboxylic acids is 1. The minimum absolute atomic E-state index is 0.0548. The molecule has 0 bridgehead atoms. The van der Waals surface area contributed by atoms with Crippen LogP contribution in [-0.4, -0.2) is 45.6 Å². The number of thiophene rings is 1. The Hall–Kier alpha value is -2.44. The van der Waals surface area contributed by atoms with Crippen molar-refractivity contribution in [2.45, 2.75) is 32.9 Å². The highest BCUT2D eigenvalue weighted by Crippen LogP contribution is 2.26. The zero-order chi connectivity index (χ0) is 19.5. The zero-order valence-corrected chi connectivity index (χ0v) is 17.3. The predicted molar refractivity (Wildman–Crippen MR) is 113 cm³/mol. The summed E-state index contributed by atoms with van der Waals surface area (Å²) >= 11 is 1.48. The highest BCUT2D eigenvalue weighted by Gasteiger charge is 2.26. The minimum Gasteiger partial charge on any atom is -0.335 e. The third-order valence-corrected chi connectivity index (χ3v) is 6.08. The molecular weight excluding hydrogens is 368 g/mol. The van der Waals surface area contributed by atoms with Crippen LogP contribution in [0.2, 0.25) is 0 Å². The van der Waals surface area contributed by atoms with Gasteiger partial charge in [0.25, 0.3) is 5.91 Å². The summed E-state index contributed by atoms with van der Waals surface area (Å²) in [5.74, 6) is 0.0548. The number of aromatic nitrogens is 2. The molecule has 1 aliphatic rings. The maximum atomic E-state index is 12.7. The first kappa shape index (κ1) is 18.9. The van der Waals surface area contributed by atoms with Gasteiger partial charge in [0.15, 0.2) is 0 Å². The first-order valence-electron chi connectivity index (χ1n) is 9.83. The van der Waals surface area contributed by atoms with Crippen LogP contribution in [0.5, 0.6) is 0 Å². The van der Waals surface area contributed by atoms with Crippen molar-refractivity contribution in [1.82, 2.24) is 19.6 Å². The molecule has 2 aromatic heterocycles. The lowest BCUT2D eigenvalue weighted by atomic mass is 10.0. The van der Waals surface area contributed by atoms with Crippen molar-refractivity contribution in [3.05, 3.63) is 69.7 Å². The van der Waals surface area contributed by atoms with Crippen LogP contribution in [0.25, 0.3) is 5.69 Å². The first-order chi connectivity index (χ1) is 13.7. The summed E-state index contributed by atoms with van der Waals surface area (Å²) in [5.41, 5.74) is 4.66. The maximum absolute atomic E-state index is 12.7. The molecule has 3 heterocycles. The van der Waals surface area contributed by atoms with E-state index in [0.29, 0.717) is 6.54 Å². The summed E-state index contributed by atoms with van der Waals surface area (Å²) in [4.78, 5) is 17.8. The van der Waals surface area contributed by atoms with E-state index in [-0.39, 0.29) is 5.91 Å². The summed E-state index contributed by atoms with van der Waals surface area (Å²) in [6, 6.07) is 14.1. The van der Waals surface area contributed by atoms with Crippen molar-refractivity contribution in [3.63, 3.8) is 0 Å². The summed E-state index contributed by atoms with van der Waals surface area (Å²) in [5, 5.41) is 6.90. The molecule has 1 amide bonds. The topological polar surface area (TPSA) is 41.4 Å². The second-order valence-electron chi connectivity index (χ2n) is 7.28. The molecule has 0 saturated heterocycles. The number of benzene rings is 1. The van der Waals surface area contributed by atoms with Crippen LogP contribution in [0.1, 0.15) is 40.0 Å². The lowest BCUT2D eigenvalue weighted by molar-refractivity contribution is 0.0787. The molecular formula is C22H26N4OS. The molecule has 146 valence electrons.